The number of benzene rings is 2. The molecular weight excluding hydrogens is 362 g/mol. The van der Waals surface area contributed by atoms with Crippen LogP contribution in [0.15, 0.2) is 67.0 Å². The van der Waals surface area contributed by atoms with Gasteiger partial charge < -0.3 is 10.5 Å². The molecule has 2 N–H and O–H groups in total. The van der Waals surface area contributed by atoms with Crippen LogP contribution in [0, 0.1) is 0 Å². The summed E-state index contributed by atoms with van der Waals surface area (Å²) in [5.41, 5.74) is 8.91. The lowest BCUT2D eigenvalue weighted by atomic mass is 10.1. The lowest BCUT2D eigenvalue weighted by Crippen LogP contribution is -2.30. The molecule has 1 unspecified atom stereocenters. The predicted molar refractivity (Wildman–Crippen MR) is 105 cm³/mol. The van der Waals surface area contributed by atoms with Gasteiger partial charge in [-0.3, -0.25) is 4.98 Å². The molecule has 2 aromatic carbocycles. The minimum Gasteiger partial charge on any atom is -0.476 e. The molecule has 0 spiro atoms. The van der Waals surface area contributed by atoms with Crippen molar-refractivity contribution in [3.63, 3.8) is 0 Å². The van der Waals surface area contributed by atoms with Gasteiger partial charge in [-0.1, -0.05) is 41.9 Å². The second-order valence-corrected chi connectivity index (χ2v) is 6.67. The summed E-state index contributed by atoms with van der Waals surface area (Å²) < 4.78 is 7.79. The van der Waals surface area contributed by atoms with Crippen LogP contribution >= 0.6 is 11.6 Å². The molecule has 0 aliphatic heterocycles. The zero-order valence-electron chi connectivity index (χ0n) is 14.5. The third-order valence-corrected chi connectivity index (χ3v) is 4.42. The highest BCUT2D eigenvalue weighted by Crippen LogP contribution is 2.24. The molecule has 0 amide bonds. The van der Waals surface area contributed by atoms with Gasteiger partial charge in [0, 0.05) is 16.6 Å². The summed E-state index contributed by atoms with van der Waals surface area (Å²) in [6.45, 7) is 0.355. The van der Waals surface area contributed by atoms with Gasteiger partial charge in [0.15, 0.2) is 11.5 Å². The highest BCUT2D eigenvalue weighted by Gasteiger charge is 2.14. The molecule has 0 aliphatic carbocycles. The first kappa shape index (κ1) is 17.5. The number of fused-ring (bicyclic) bond motifs is 1. The van der Waals surface area contributed by atoms with Crippen LogP contribution in [0.1, 0.15) is 5.56 Å². The van der Waals surface area contributed by atoms with E-state index in [-0.39, 0.29) is 6.04 Å². The van der Waals surface area contributed by atoms with Crippen molar-refractivity contribution in [1.29, 1.82) is 0 Å². The van der Waals surface area contributed by atoms with Crippen molar-refractivity contribution in [2.75, 3.05) is 6.61 Å². The molecule has 0 radical (unpaired) electrons. The number of ether oxygens (including phenoxy) is 1. The van der Waals surface area contributed by atoms with Gasteiger partial charge in [-0.2, -0.15) is 0 Å². The summed E-state index contributed by atoms with van der Waals surface area (Å²) in [6.07, 6.45) is 4.02. The monoisotopic (exact) mass is 379 g/mol. The molecule has 0 aliphatic rings. The van der Waals surface area contributed by atoms with Crippen molar-refractivity contribution in [1.82, 2.24) is 19.6 Å². The summed E-state index contributed by atoms with van der Waals surface area (Å²) in [5, 5.41) is 9.11. The maximum Gasteiger partial charge on any atom is 0.220 e. The quantitative estimate of drug-likeness (QED) is 0.555. The molecule has 4 rings (SSSR count). The van der Waals surface area contributed by atoms with Gasteiger partial charge >= 0.3 is 0 Å². The first-order chi connectivity index (χ1) is 13.2. The van der Waals surface area contributed by atoms with Gasteiger partial charge in [0.2, 0.25) is 5.88 Å². The van der Waals surface area contributed by atoms with Crippen LogP contribution in [0.4, 0.5) is 0 Å². The van der Waals surface area contributed by atoms with E-state index in [1.165, 1.54) is 5.56 Å². The van der Waals surface area contributed by atoms with Crippen LogP contribution in [-0.2, 0) is 6.42 Å². The molecule has 27 heavy (non-hydrogen) atoms. The largest absolute Gasteiger partial charge is 0.476 e. The van der Waals surface area contributed by atoms with Crippen LogP contribution in [-0.4, -0.2) is 32.2 Å². The van der Waals surface area contributed by atoms with Crippen molar-refractivity contribution >= 4 is 17.2 Å². The van der Waals surface area contributed by atoms with Gasteiger partial charge in [-0.15, -0.1) is 10.2 Å². The van der Waals surface area contributed by atoms with Crippen LogP contribution in [0.5, 0.6) is 5.88 Å². The SMILES string of the molecule is NC(COc1cncc2nnc(-c3ccc(Cl)cc3)n12)Cc1ccccc1. The molecule has 0 saturated carbocycles. The third-order valence-electron chi connectivity index (χ3n) is 4.17. The van der Waals surface area contributed by atoms with E-state index in [1.54, 1.807) is 12.4 Å². The maximum atomic E-state index is 6.24. The van der Waals surface area contributed by atoms with E-state index in [0.29, 0.717) is 29.0 Å². The van der Waals surface area contributed by atoms with E-state index in [4.69, 9.17) is 22.1 Å². The lowest BCUT2D eigenvalue weighted by Gasteiger charge is -2.14. The Morgan fingerprint density at radius 2 is 1.78 bits per heavy atom. The Bertz CT molecular complexity index is 1030. The van der Waals surface area contributed by atoms with E-state index in [1.807, 2.05) is 46.9 Å². The Kier molecular flexibility index (Phi) is 5.00. The van der Waals surface area contributed by atoms with Crippen LogP contribution in [0.25, 0.3) is 17.0 Å². The molecular formula is C20H18ClN5O. The molecule has 4 aromatic rings. The molecule has 136 valence electrons. The van der Waals surface area contributed by atoms with Gasteiger partial charge in [-0.05, 0) is 36.2 Å². The average molecular weight is 380 g/mol. The third kappa shape index (κ3) is 3.92. The number of nitrogens with two attached hydrogens (primary N) is 1. The molecule has 0 bridgehead atoms. The maximum absolute atomic E-state index is 6.24. The fourth-order valence-corrected chi connectivity index (χ4v) is 3.00. The van der Waals surface area contributed by atoms with Crippen molar-refractivity contribution < 1.29 is 4.74 Å². The Balaban J connectivity index is 1.56. The normalized spacial score (nSPS) is 12.2. The summed E-state index contributed by atoms with van der Waals surface area (Å²) in [5.74, 6) is 1.21. The second-order valence-electron chi connectivity index (χ2n) is 6.23. The number of aromatic nitrogens is 4. The highest BCUT2D eigenvalue weighted by molar-refractivity contribution is 6.30. The fourth-order valence-electron chi connectivity index (χ4n) is 2.88. The summed E-state index contributed by atoms with van der Waals surface area (Å²) in [6, 6.07) is 17.4. The first-order valence-electron chi connectivity index (χ1n) is 8.58. The molecule has 7 heteroatoms. The molecule has 0 saturated heterocycles. The number of hydrogen-bond donors (Lipinski definition) is 1. The molecule has 1 atom stereocenters. The topological polar surface area (TPSA) is 78.3 Å². The smallest absolute Gasteiger partial charge is 0.220 e. The average Bonchev–Trinajstić information content (AvgIpc) is 3.12. The van der Waals surface area contributed by atoms with Crippen molar-refractivity contribution in [3.05, 3.63) is 77.6 Å². The summed E-state index contributed by atoms with van der Waals surface area (Å²) in [7, 11) is 0. The predicted octanol–water partition coefficient (Wildman–Crippen LogP) is 3.39. The molecule has 2 aromatic heterocycles. The molecule has 6 nitrogen and oxygen atoms in total. The number of nitrogens with zero attached hydrogens (tertiary/aromatic N) is 4. The van der Waals surface area contributed by atoms with Gasteiger partial charge in [0.25, 0.3) is 0 Å². The zero-order chi connectivity index (χ0) is 18.6. The van der Waals surface area contributed by atoms with E-state index < -0.39 is 0 Å². The van der Waals surface area contributed by atoms with Gasteiger partial charge in [0.1, 0.15) is 6.61 Å². The van der Waals surface area contributed by atoms with Crippen molar-refractivity contribution in [2.45, 2.75) is 12.5 Å². The zero-order valence-corrected chi connectivity index (χ0v) is 15.3. The highest BCUT2D eigenvalue weighted by atomic mass is 35.5. The van der Waals surface area contributed by atoms with E-state index in [9.17, 15) is 0 Å². The van der Waals surface area contributed by atoms with E-state index >= 15 is 0 Å². The van der Waals surface area contributed by atoms with E-state index in [0.717, 1.165) is 12.0 Å². The van der Waals surface area contributed by atoms with E-state index in [2.05, 4.69) is 27.3 Å². The number of rotatable bonds is 6. The Labute approximate surface area is 161 Å². The van der Waals surface area contributed by atoms with Crippen LogP contribution < -0.4 is 10.5 Å². The second kappa shape index (κ2) is 7.73. The van der Waals surface area contributed by atoms with Gasteiger partial charge in [-0.25, -0.2) is 4.40 Å². The minimum absolute atomic E-state index is 0.141. The standard InChI is InChI=1S/C20H18ClN5O/c21-16-8-6-15(7-9-16)20-25-24-18-11-23-12-19(26(18)20)27-13-17(22)10-14-4-2-1-3-5-14/h1-9,11-12,17H,10,13,22H2. The Hall–Kier alpha value is -2.96. The Morgan fingerprint density at radius 1 is 1.00 bits per heavy atom. The van der Waals surface area contributed by atoms with Crippen LogP contribution in [0.2, 0.25) is 5.02 Å². The van der Waals surface area contributed by atoms with Crippen molar-refractivity contribution in [2.24, 2.45) is 5.73 Å². The fraction of sp³-hybridized carbons (Fsp3) is 0.150. The Morgan fingerprint density at radius 3 is 2.56 bits per heavy atom. The van der Waals surface area contributed by atoms with Gasteiger partial charge in [0.05, 0.1) is 12.4 Å². The summed E-state index contributed by atoms with van der Waals surface area (Å²) >= 11 is 5.98. The lowest BCUT2D eigenvalue weighted by molar-refractivity contribution is 0.273. The molecule has 2 heterocycles. The first-order valence-corrected chi connectivity index (χ1v) is 8.96. The summed E-state index contributed by atoms with van der Waals surface area (Å²) in [4.78, 5) is 4.19. The molecule has 0 fully saturated rings. The number of hydrogen-bond acceptors (Lipinski definition) is 5. The minimum atomic E-state index is -0.141. The number of halogens is 1. The van der Waals surface area contributed by atoms with Crippen molar-refractivity contribution in [3.8, 4) is 17.3 Å². The van der Waals surface area contributed by atoms with Crippen LogP contribution in [0.3, 0.4) is 0 Å².